The molecule has 0 bridgehead atoms. The molecule has 0 heterocycles. The van der Waals surface area contributed by atoms with Crippen LogP contribution in [0, 0.1) is 0 Å². The summed E-state index contributed by atoms with van der Waals surface area (Å²) in [5.41, 5.74) is -0.360. The highest BCUT2D eigenvalue weighted by Crippen LogP contribution is 2.39. The third-order valence-corrected chi connectivity index (χ3v) is 2.32. The lowest BCUT2D eigenvalue weighted by Crippen LogP contribution is -2.29. The molecule has 0 saturated carbocycles. The van der Waals surface area contributed by atoms with E-state index in [9.17, 15) is 39.5 Å². The van der Waals surface area contributed by atoms with Gasteiger partial charge in [0.25, 0.3) is 0 Å². The van der Waals surface area contributed by atoms with Crippen LogP contribution in [0.1, 0.15) is 22.7 Å². The Morgan fingerprint density at radius 3 is 1.30 bits per heavy atom. The van der Waals surface area contributed by atoms with Gasteiger partial charge in [0.1, 0.15) is 6.04 Å². The minimum Gasteiger partial charge on any atom is -0.316 e. The molecule has 1 unspecified atom stereocenters. The van der Waals surface area contributed by atoms with Crippen LogP contribution < -0.4 is 5.73 Å². The van der Waals surface area contributed by atoms with E-state index in [-0.39, 0.29) is 18.2 Å². The van der Waals surface area contributed by atoms with Gasteiger partial charge in [-0.25, -0.2) is 0 Å². The Morgan fingerprint density at radius 1 is 0.700 bits per heavy atom. The Labute approximate surface area is 106 Å². The third-order valence-electron chi connectivity index (χ3n) is 2.32. The zero-order chi connectivity index (χ0) is 15.9. The predicted molar refractivity (Wildman–Crippen MR) is 49.4 cm³/mol. The summed E-state index contributed by atoms with van der Waals surface area (Å²) < 4.78 is 111. The first-order chi connectivity index (χ1) is 8.73. The molecule has 0 fully saturated rings. The Balaban J connectivity index is 3.47. The molecule has 0 saturated heterocycles. The van der Waals surface area contributed by atoms with Crippen molar-refractivity contribution in [1.29, 1.82) is 0 Å². The Bertz CT molecular complexity index is 451. The molecule has 1 rings (SSSR count). The summed E-state index contributed by atoms with van der Waals surface area (Å²) in [5.74, 6) is 0. The van der Waals surface area contributed by atoms with Crippen molar-refractivity contribution >= 4 is 0 Å². The summed E-state index contributed by atoms with van der Waals surface area (Å²) in [6.45, 7) is 0. The Hall–Kier alpha value is -1.45. The van der Waals surface area contributed by atoms with Crippen molar-refractivity contribution in [3.63, 3.8) is 0 Å². The molecule has 0 radical (unpaired) electrons. The molecule has 0 aliphatic heterocycles. The van der Waals surface area contributed by atoms with Gasteiger partial charge in [-0.3, -0.25) is 0 Å². The summed E-state index contributed by atoms with van der Waals surface area (Å²) in [7, 11) is 0. The standard InChI is InChI=1S/C10H6F9N/c11-8(12,13)5-1-4(7(20)10(17,18)19)2-6(3-5)9(14,15)16/h1-3,7H,20H2. The SMILES string of the molecule is NC(c1cc(C(F)(F)F)cc(C(F)(F)F)c1)C(F)(F)F. The second-order valence-corrected chi connectivity index (χ2v) is 3.86. The van der Waals surface area contributed by atoms with E-state index in [1.807, 2.05) is 0 Å². The maximum Gasteiger partial charge on any atom is 0.416 e. The lowest BCUT2D eigenvalue weighted by molar-refractivity contribution is -0.152. The smallest absolute Gasteiger partial charge is 0.316 e. The predicted octanol–water partition coefficient (Wildman–Crippen LogP) is 4.29. The zero-order valence-electron chi connectivity index (χ0n) is 9.29. The summed E-state index contributed by atoms with van der Waals surface area (Å²) in [5, 5.41) is 0. The number of hydrogen-bond donors (Lipinski definition) is 1. The van der Waals surface area contributed by atoms with Crippen LogP contribution in [0.15, 0.2) is 18.2 Å². The van der Waals surface area contributed by atoms with Gasteiger partial charge in [-0.1, -0.05) is 0 Å². The Morgan fingerprint density at radius 2 is 1.05 bits per heavy atom. The first-order valence-corrected chi connectivity index (χ1v) is 4.84. The van der Waals surface area contributed by atoms with Crippen molar-refractivity contribution in [1.82, 2.24) is 0 Å². The van der Waals surface area contributed by atoms with E-state index < -0.39 is 41.3 Å². The van der Waals surface area contributed by atoms with Gasteiger partial charge in [0.15, 0.2) is 0 Å². The number of rotatable bonds is 1. The lowest BCUT2D eigenvalue weighted by atomic mass is 9.99. The highest BCUT2D eigenvalue weighted by atomic mass is 19.4. The zero-order valence-corrected chi connectivity index (χ0v) is 9.29. The van der Waals surface area contributed by atoms with E-state index >= 15 is 0 Å². The third kappa shape index (κ3) is 3.78. The minimum atomic E-state index is -5.22. The highest BCUT2D eigenvalue weighted by molar-refractivity contribution is 5.35. The highest BCUT2D eigenvalue weighted by Gasteiger charge is 2.42. The topological polar surface area (TPSA) is 26.0 Å². The van der Waals surface area contributed by atoms with Gasteiger partial charge >= 0.3 is 18.5 Å². The van der Waals surface area contributed by atoms with Crippen LogP contribution in [0.3, 0.4) is 0 Å². The molecule has 20 heavy (non-hydrogen) atoms. The van der Waals surface area contributed by atoms with E-state index in [0.717, 1.165) is 0 Å². The molecule has 2 N–H and O–H groups in total. The van der Waals surface area contributed by atoms with Crippen LogP contribution >= 0.6 is 0 Å². The number of alkyl halides is 9. The van der Waals surface area contributed by atoms with E-state index in [0.29, 0.717) is 0 Å². The number of nitrogens with two attached hydrogens (primary N) is 1. The monoisotopic (exact) mass is 311 g/mol. The summed E-state index contributed by atoms with van der Waals surface area (Å²) in [4.78, 5) is 0. The average molecular weight is 311 g/mol. The quantitative estimate of drug-likeness (QED) is 0.770. The van der Waals surface area contributed by atoms with Gasteiger partial charge in [-0.2, -0.15) is 39.5 Å². The molecule has 10 heteroatoms. The summed E-state index contributed by atoms with van der Waals surface area (Å²) in [6.07, 6.45) is -15.6. The number of benzene rings is 1. The molecule has 0 spiro atoms. The number of hydrogen-bond acceptors (Lipinski definition) is 1. The van der Waals surface area contributed by atoms with Crippen LogP contribution in [0.2, 0.25) is 0 Å². The normalized spacial score (nSPS) is 15.3. The van der Waals surface area contributed by atoms with Crippen LogP contribution in [-0.2, 0) is 12.4 Å². The first-order valence-electron chi connectivity index (χ1n) is 4.84. The second kappa shape index (κ2) is 4.83. The van der Waals surface area contributed by atoms with Crippen molar-refractivity contribution in [2.75, 3.05) is 0 Å². The van der Waals surface area contributed by atoms with Gasteiger partial charge in [-0.15, -0.1) is 0 Å². The van der Waals surface area contributed by atoms with E-state index in [4.69, 9.17) is 0 Å². The van der Waals surface area contributed by atoms with Crippen LogP contribution in [0.5, 0.6) is 0 Å². The maximum atomic E-state index is 12.4. The molecular formula is C10H6F9N. The minimum absolute atomic E-state index is 0.0482. The molecule has 0 aliphatic carbocycles. The molecule has 0 amide bonds. The van der Waals surface area contributed by atoms with Gasteiger partial charge in [-0.05, 0) is 23.8 Å². The fourth-order valence-corrected chi connectivity index (χ4v) is 1.35. The molecule has 0 aromatic heterocycles. The van der Waals surface area contributed by atoms with Crippen molar-refractivity contribution in [2.45, 2.75) is 24.6 Å². The first kappa shape index (κ1) is 16.6. The number of halogens is 9. The lowest BCUT2D eigenvalue weighted by Gasteiger charge is -2.19. The second-order valence-electron chi connectivity index (χ2n) is 3.86. The fraction of sp³-hybridized carbons (Fsp3) is 0.400. The van der Waals surface area contributed by atoms with E-state index in [1.165, 1.54) is 0 Å². The maximum absolute atomic E-state index is 12.4. The summed E-state index contributed by atoms with van der Waals surface area (Å²) in [6, 6.07) is -3.31. The van der Waals surface area contributed by atoms with Crippen LogP contribution in [0.25, 0.3) is 0 Å². The molecule has 1 aromatic rings. The largest absolute Gasteiger partial charge is 0.416 e. The van der Waals surface area contributed by atoms with Gasteiger partial charge in [0, 0.05) is 0 Å². The molecule has 114 valence electrons. The van der Waals surface area contributed by atoms with Gasteiger partial charge < -0.3 is 5.73 Å². The summed E-state index contributed by atoms with van der Waals surface area (Å²) >= 11 is 0. The van der Waals surface area contributed by atoms with Crippen molar-refractivity contribution < 1.29 is 39.5 Å². The van der Waals surface area contributed by atoms with Crippen LogP contribution in [0.4, 0.5) is 39.5 Å². The van der Waals surface area contributed by atoms with Gasteiger partial charge in [0.05, 0.1) is 11.1 Å². The molecule has 1 nitrogen and oxygen atoms in total. The molecule has 1 atom stereocenters. The van der Waals surface area contributed by atoms with Crippen molar-refractivity contribution in [3.8, 4) is 0 Å². The van der Waals surface area contributed by atoms with Crippen LogP contribution in [-0.4, -0.2) is 6.18 Å². The molecular weight excluding hydrogens is 305 g/mol. The van der Waals surface area contributed by atoms with E-state index in [2.05, 4.69) is 5.73 Å². The molecule has 1 aromatic carbocycles. The van der Waals surface area contributed by atoms with E-state index in [1.54, 1.807) is 0 Å². The van der Waals surface area contributed by atoms with Crippen molar-refractivity contribution in [3.05, 3.63) is 34.9 Å². The molecule has 0 aliphatic rings. The van der Waals surface area contributed by atoms with Crippen molar-refractivity contribution in [2.24, 2.45) is 5.73 Å². The fourth-order valence-electron chi connectivity index (χ4n) is 1.35. The van der Waals surface area contributed by atoms with Gasteiger partial charge in [0.2, 0.25) is 0 Å². The average Bonchev–Trinajstić information content (AvgIpc) is 2.23. The Kier molecular flexibility index (Phi) is 4.01.